The van der Waals surface area contributed by atoms with Crippen LogP contribution in [0.15, 0.2) is 24.4 Å². The lowest BCUT2D eigenvalue weighted by Gasteiger charge is -1.88. The van der Waals surface area contributed by atoms with Crippen LogP contribution < -0.4 is 5.32 Å². The Hall–Kier alpha value is -0.720. The second-order valence-electron chi connectivity index (χ2n) is 3.23. The van der Waals surface area contributed by atoms with Gasteiger partial charge in [0, 0.05) is 6.54 Å². The van der Waals surface area contributed by atoms with Gasteiger partial charge in [0.25, 0.3) is 0 Å². The van der Waals surface area contributed by atoms with Crippen LogP contribution in [0.25, 0.3) is 0 Å². The van der Waals surface area contributed by atoms with Crippen molar-refractivity contribution in [3.8, 4) is 0 Å². The van der Waals surface area contributed by atoms with Gasteiger partial charge < -0.3 is 5.32 Å². The minimum absolute atomic E-state index is 0.722. The maximum atomic E-state index is 3.04. The quantitative estimate of drug-likeness (QED) is 0.623. The molecule has 0 atom stereocenters. The van der Waals surface area contributed by atoms with Crippen molar-refractivity contribution in [1.82, 2.24) is 5.32 Å². The molecule has 1 aliphatic heterocycles. The average molecular weight is 167 g/mol. The third-order valence-electron chi connectivity index (χ3n) is 1.45. The van der Waals surface area contributed by atoms with Crippen molar-refractivity contribution in [3.05, 3.63) is 24.4 Å². The summed E-state index contributed by atoms with van der Waals surface area (Å²) >= 11 is 0. The Morgan fingerprint density at radius 1 is 1.50 bits per heavy atom. The first-order valence-electron chi connectivity index (χ1n) is 4.82. The van der Waals surface area contributed by atoms with Crippen molar-refractivity contribution in [2.24, 2.45) is 5.92 Å². The second-order valence-corrected chi connectivity index (χ2v) is 3.23. The summed E-state index contributed by atoms with van der Waals surface area (Å²) in [5, 5.41) is 3.04. The van der Waals surface area contributed by atoms with Crippen molar-refractivity contribution in [2.45, 2.75) is 33.6 Å². The summed E-state index contributed by atoms with van der Waals surface area (Å²) in [5.41, 5.74) is 0. The molecule has 0 aromatic heterocycles. The van der Waals surface area contributed by atoms with Crippen LogP contribution in [0.2, 0.25) is 0 Å². The highest BCUT2D eigenvalue weighted by molar-refractivity contribution is 4.86. The van der Waals surface area contributed by atoms with E-state index in [2.05, 4.69) is 44.3 Å². The van der Waals surface area contributed by atoms with E-state index in [9.17, 15) is 0 Å². The van der Waals surface area contributed by atoms with Gasteiger partial charge in [-0.25, -0.2) is 0 Å². The third-order valence-corrected chi connectivity index (χ3v) is 1.45. The molecule has 12 heavy (non-hydrogen) atoms. The number of hydrogen-bond donors (Lipinski definition) is 1. The predicted octanol–water partition coefficient (Wildman–Crippen LogP) is 3.10. The Morgan fingerprint density at radius 3 is 2.42 bits per heavy atom. The normalized spacial score (nSPS) is 14.7. The van der Waals surface area contributed by atoms with E-state index in [1.54, 1.807) is 0 Å². The zero-order valence-electron chi connectivity index (χ0n) is 8.51. The van der Waals surface area contributed by atoms with Crippen LogP contribution in [0.3, 0.4) is 0 Å². The van der Waals surface area contributed by atoms with Crippen LogP contribution in [-0.2, 0) is 0 Å². The minimum Gasteiger partial charge on any atom is -0.391 e. The van der Waals surface area contributed by atoms with Crippen molar-refractivity contribution >= 4 is 0 Å². The van der Waals surface area contributed by atoms with Crippen LogP contribution >= 0.6 is 0 Å². The van der Waals surface area contributed by atoms with E-state index in [0.29, 0.717) is 0 Å². The first-order chi connectivity index (χ1) is 5.77. The molecule has 0 bridgehead atoms. The number of hydrogen-bond acceptors (Lipinski definition) is 1. The maximum Gasteiger partial charge on any atom is 0.0176 e. The molecule has 1 rings (SSSR count). The van der Waals surface area contributed by atoms with Gasteiger partial charge in [-0.2, -0.15) is 0 Å². The van der Waals surface area contributed by atoms with Crippen LogP contribution in [-0.4, -0.2) is 6.54 Å². The molecule has 0 saturated heterocycles. The summed E-state index contributed by atoms with van der Waals surface area (Å²) in [6, 6.07) is 0. The van der Waals surface area contributed by atoms with Gasteiger partial charge in [0.1, 0.15) is 0 Å². The smallest absolute Gasteiger partial charge is 0.0176 e. The fourth-order valence-electron chi connectivity index (χ4n) is 0.825. The summed E-state index contributed by atoms with van der Waals surface area (Å²) in [6.45, 7) is 7.66. The highest BCUT2D eigenvalue weighted by atomic mass is 14.8. The molecule has 1 aliphatic rings. The molecule has 1 heterocycles. The molecule has 0 spiro atoms. The first-order valence-corrected chi connectivity index (χ1v) is 4.82. The van der Waals surface area contributed by atoms with Crippen molar-refractivity contribution in [3.63, 3.8) is 0 Å². The zero-order chi connectivity index (χ0) is 9.23. The Kier molecular flexibility index (Phi) is 7.87. The van der Waals surface area contributed by atoms with Gasteiger partial charge in [-0.05, 0) is 25.0 Å². The predicted molar refractivity (Wildman–Crippen MR) is 56.0 cm³/mol. The van der Waals surface area contributed by atoms with E-state index in [0.717, 1.165) is 18.9 Å². The molecule has 0 aliphatic carbocycles. The lowest BCUT2D eigenvalue weighted by molar-refractivity contribution is 0.826. The lowest BCUT2D eigenvalue weighted by atomic mass is 10.2. The summed E-state index contributed by atoms with van der Waals surface area (Å²) < 4.78 is 0. The number of rotatable bonds is 2. The third kappa shape index (κ3) is 9.28. The Balaban J connectivity index is 0.000000211. The van der Waals surface area contributed by atoms with Gasteiger partial charge in [-0.15, -0.1) is 0 Å². The first kappa shape index (κ1) is 11.3. The Bertz CT molecular complexity index is 128. The molecule has 0 radical (unpaired) electrons. The summed E-state index contributed by atoms with van der Waals surface area (Å²) in [5.74, 6) is 0.722. The topological polar surface area (TPSA) is 12.0 Å². The molecule has 0 aromatic rings. The molecule has 1 heteroatoms. The van der Waals surface area contributed by atoms with Crippen molar-refractivity contribution < 1.29 is 0 Å². The van der Waals surface area contributed by atoms with E-state index in [1.165, 1.54) is 6.42 Å². The van der Waals surface area contributed by atoms with Crippen LogP contribution in [0, 0.1) is 5.92 Å². The Labute approximate surface area is 76.6 Å². The zero-order valence-corrected chi connectivity index (χ0v) is 8.51. The molecule has 0 saturated carbocycles. The number of nitrogens with one attached hydrogen (secondary N) is 1. The second kappa shape index (κ2) is 8.38. The molecule has 0 unspecified atom stereocenters. The monoisotopic (exact) mass is 167 g/mol. The van der Waals surface area contributed by atoms with Gasteiger partial charge in [0.15, 0.2) is 0 Å². The summed E-state index contributed by atoms with van der Waals surface area (Å²) in [4.78, 5) is 0. The van der Waals surface area contributed by atoms with Crippen molar-refractivity contribution in [2.75, 3.05) is 6.54 Å². The SMILES string of the molecule is C1=CNCC1.CC/C=C/C(C)C. The molecule has 0 amide bonds. The van der Waals surface area contributed by atoms with Crippen LogP contribution in [0.1, 0.15) is 33.6 Å². The average Bonchev–Trinajstić information content (AvgIpc) is 2.57. The molecule has 1 nitrogen and oxygen atoms in total. The molecular formula is C11H21N. The van der Waals surface area contributed by atoms with E-state index >= 15 is 0 Å². The van der Waals surface area contributed by atoms with Gasteiger partial charge in [0.2, 0.25) is 0 Å². The highest BCUT2D eigenvalue weighted by Gasteiger charge is 1.81. The van der Waals surface area contributed by atoms with Crippen LogP contribution in [0.4, 0.5) is 0 Å². The largest absolute Gasteiger partial charge is 0.391 e. The molecule has 70 valence electrons. The van der Waals surface area contributed by atoms with E-state index in [-0.39, 0.29) is 0 Å². The number of allylic oxidation sites excluding steroid dienone is 2. The molecule has 0 fully saturated rings. The van der Waals surface area contributed by atoms with Gasteiger partial charge in [-0.3, -0.25) is 0 Å². The van der Waals surface area contributed by atoms with Gasteiger partial charge >= 0.3 is 0 Å². The molecular weight excluding hydrogens is 146 g/mol. The fourth-order valence-corrected chi connectivity index (χ4v) is 0.825. The highest BCUT2D eigenvalue weighted by Crippen LogP contribution is 1.93. The summed E-state index contributed by atoms with van der Waals surface area (Å²) in [7, 11) is 0. The Morgan fingerprint density at radius 2 is 2.25 bits per heavy atom. The fraction of sp³-hybridized carbons (Fsp3) is 0.636. The summed E-state index contributed by atoms with van der Waals surface area (Å²) in [6.07, 6.45) is 10.9. The molecule has 0 aromatic carbocycles. The standard InChI is InChI=1S/C7H14.C4H7N/c1-4-5-6-7(2)3;1-2-4-5-3-1/h5-7H,4H2,1-3H3;1,3,5H,2,4H2/b6-5+;. The van der Waals surface area contributed by atoms with E-state index in [4.69, 9.17) is 0 Å². The van der Waals surface area contributed by atoms with Gasteiger partial charge in [0.05, 0.1) is 0 Å². The van der Waals surface area contributed by atoms with Crippen molar-refractivity contribution in [1.29, 1.82) is 0 Å². The van der Waals surface area contributed by atoms with Crippen LogP contribution in [0.5, 0.6) is 0 Å². The molecule has 1 N–H and O–H groups in total. The van der Waals surface area contributed by atoms with E-state index in [1.807, 2.05) is 6.20 Å². The van der Waals surface area contributed by atoms with E-state index < -0.39 is 0 Å². The van der Waals surface area contributed by atoms with Gasteiger partial charge in [-0.1, -0.05) is 39.0 Å². The maximum absolute atomic E-state index is 3.04. The minimum atomic E-state index is 0.722. The lowest BCUT2D eigenvalue weighted by Crippen LogP contribution is -1.96.